The zero-order valence-corrected chi connectivity index (χ0v) is 11.2. The molecule has 2 aromatic rings. The van der Waals surface area contributed by atoms with Gasteiger partial charge in [0, 0.05) is 19.2 Å². The molecule has 2 heterocycles. The first-order chi connectivity index (χ1) is 9.15. The molecule has 4 nitrogen and oxygen atoms in total. The van der Waals surface area contributed by atoms with Crippen molar-refractivity contribution in [2.75, 3.05) is 0 Å². The topological polar surface area (TPSA) is 55.1 Å². The molecule has 0 radical (unpaired) electrons. The fourth-order valence-corrected chi connectivity index (χ4v) is 1.74. The third-order valence-electron chi connectivity index (χ3n) is 2.68. The highest BCUT2D eigenvalue weighted by atomic mass is 16.3. The van der Waals surface area contributed by atoms with Gasteiger partial charge in [-0.1, -0.05) is 19.9 Å². The number of amides is 1. The second-order valence-electron chi connectivity index (χ2n) is 4.90. The van der Waals surface area contributed by atoms with Crippen molar-refractivity contribution in [3.8, 4) is 11.5 Å². The van der Waals surface area contributed by atoms with Gasteiger partial charge in [-0.05, 0) is 29.7 Å². The molecule has 0 saturated carbocycles. The highest BCUT2D eigenvalue weighted by molar-refractivity contribution is 5.76. The SMILES string of the molecule is CC(C)CC(=O)NCc1ccc(-c2ccco2)nc1. The molecule has 0 saturated heterocycles. The Morgan fingerprint density at radius 3 is 2.79 bits per heavy atom. The maximum absolute atomic E-state index is 11.5. The number of pyridine rings is 1. The summed E-state index contributed by atoms with van der Waals surface area (Å²) in [7, 11) is 0. The van der Waals surface area contributed by atoms with Crippen molar-refractivity contribution in [1.29, 1.82) is 0 Å². The first-order valence-corrected chi connectivity index (χ1v) is 6.40. The Balaban J connectivity index is 1.91. The summed E-state index contributed by atoms with van der Waals surface area (Å²) >= 11 is 0. The molecule has 4 heteroatoms. The van der Waals surface area contributed by atoms with Crippen molar-refractivity contribution < 1.29 is 9.21 Å². The van der Waals surface area contributed by atoms with Crippen molar-refractivity contribution in [2.24, 2.45) is 5.92 Å². The lowest BCUT2D eigenvalue weighted by Gasteiger charge is -2.07. The zero-order valence-electron chi connectivity index (χ0n) is 11.2. The molecule has 0 aliphatic carbocycles. The summed E-state index contributed by atoms with van der Waals surface area (Å²) in [6, 6.07) is 7.53. The number of carbonyl (C=O) groups excluding carboxylic acids is 1. The van der Waals surface area contributed by atoms with Crippen LogP contribution in [0, 0.1) is 5.92 Å². The Labute approximate surface area is 112 Å². The number of aromatic nitrogens is 1. The fourth-order valence-electron chi connectivity index (χ4n) is 1.74. The van der Waals surface area contributed by atoms with Gasteiger partial charge in [0.2, 0.25) is 5.91 Å². The van der Waals surface area contributed by atoms with E-state index < -0.39 is 0 Å². The highest BCUT2D eigenvalue weighted by Crippen LogP contribution is 2.16. The van der Waals surface area contributed by atoms with Gasteiger partial charge < -0.3 is 9.73 Å². The Kier molecular flexibility index (Phi) is 4.34. The molecule has 0 aromatic carbocycles. The van der Waals surface area contributed by atoms with Gasteiger partial charge in [0.25, 0.3) is 0 Å². The Bertz CT molecular complexity index is 516. The lowest BCUT2D eigenvalue weighted by atomic mass is 10.1. The van der Waals surface area contributed by atoms with Crippen molar-refractivity contribution in [3.63, 3.8) is 0 Å². The Hall–Kier alpha value is -2.10. The van der Waals surface area contributed by atoms with E-state index >= 15 is 0 Å². The van der Waals surface area contributed by atoms with E-state index in [9.17, 15) is 4.79 Å². The van der Waals surface area contributed by atoms with Gasteiger partial charge in [-0.15, -0.1) is 0 Å². The van der Waals surface area contributed by atoms with Crippen molar-refractivity contribution in [3.05, 3.63) is 42.3 Å². The summed E-state index contributed by atoms with van der Waals surface area (Å²) in [6.45, 7) is 4.57. The second-order valence-corrected chi connectivity index (χ2v) is 4.90. The number of hydrogen-bond donors (Lipinski definition) is 1. The van der Waals surface area contributed by atoms with E-state index in [1.165, 1.54) is 0 Å². The van der Waals surface area contributed by atoms with Gasteiger partial charge in [0.1, 0.15) is 5.69 Å². The van der Waals surface area contributed by atoms with Gasteiger partial charge in [0.15, 0.2) is 5.76 Å². The molecule has 1 amide bonds. The highest BCUT2D eigenvalue weighted by Gasteiger charge is 2.05. The standard InChI is InChI=1S/C15H18N2O2/c1-11(2)8-15(18)17-10-12-5-6-13(16-9-12)14-4-3-7-19-14/h3-7,9,11H,8,10H2,1-2H3,(H,17,18). The quantitative estimate of drug-likeness (QED) is 0.897. The molecule has 0 fully saturated rings. The molecule has 1 N–H and O–H groups in total. The molecule has 0 aliphatic heterocycles. The minimum atomic E-state index is 0.0742. The predicted molar refractivity (Wildman–Crippen MR) is 73.2 cm³/mol. The Morgan fingerprint density at radius 1 is 1.37 bits per heavy atom. The van der Waals surface area contributed by atoms with E-state index in [1.54, 1.807) is 12.5 Å². The maximum atomic E-state index is 11.5. The minimum absolute atomic E-state index is 0.0742. The number of nitrogens with zero attached hydrogens (tertiary/aromatic N) is 1. The minimum Gasteiger partial charge on any atom is -0.463 e. The summed E-state index contributed by atoms with van der Waals surface area (Å²) in [6.07, 6.45) is 3.93. The lowest BCUT2D eigenvalue weighted by Crippen LogP contribution is -2.23. The average Bonchev–Trinajstić information content (AvgIpc) is 2.90. The summed E-state index contributed by atoms with van der Waals surface area (Å²) in [5.74, 6) is 1.19. The molecule has 19 heavy (non-hydrogen) atoms. The molecule has 0 aliphatic rings. The van der Waals surface area contributed by atoms with Crippen LogP contribution < -0.4 is 5.32 Å². The molecule has 0 bridgehead atoms. The molecular weight excluding hydrogens is 240 g/mol. The van der Waals surface area contributed by atoms with Gasteiger partial charge in [-0.2, -0.15) is 0 Å². The van der Waals surface area contributed by atoms with Crippen LogP contribution >= 0.6 is 0 Å². The van der Waals surface area contributed by atoms with Gasteiger partial charge in [-0.25, -0.2) is 0 Å². The van der Waals surface area contributed by atoms with Crippen LogP contribution in [0.1, 0.15) is 25.8 Å². The first-order valence-electron chi connectivity index (χ1n) is 6.40. The summed E-state index contributed by atoms with van der Waals surface area (Å²) in [5, 5.41) is 2.88. The molecule has 0 spiro atoms. The smallest absolute Gasteiger partial charge is 0.220 e. The van der Waals surface area contributed by atoms with Crippen LogP contribution in [0.4, 0.5) is 0 Å². The number of furan rings is 1. The lowest BCUT2D eigenvalue weighted by molar-refractivity contribution is -0.121. The van der Waals surface area contributed by atoms with Gasteiger partial charge in [-0.3, -0.25) is 9.78 Å². The van der Waals surface area contributed by atoms with Crippen LogP contribution in [0.25, 0.3) is 11.5 Å². The third kappa shape index (κ3) is 3.95. The van der Waals surface area contributed by atoms with Crippen molar-refractivity contribution in [1.82, 2.24) is 10.3 Å². The predicted octanol–water partition coefficient (Wildman–Crippen LogP) is 3.00. The van der Waals surface area contributed by atoms with E-state index in [0.29, 0.717) is 18.9 Å². The molecule has 0 unspecified atom stereocenters. The van der Waals surface area contributed by atoms with Crippen LogP contribution in [0.3, 0.4) is 0 Å². The largest absolute Gasteiger partial charge is 0.463 e. The average molecular weight is 258 g/mol. The normalized spacial score (nSPS) is 10.7. The molecule has 2 aromatic heterocycles. The number of carbonyl (C=O) groups is 1. The van der Waals surface area contributed by atoms with Gasteiger partial charge in [0.05, 0.1) is 6.26 Å². The fraction of sp³-hybridized carbons (Fsp3) is 0.333. The number of hydrogen-bond acceptors (Lipinski definition) is 3. The van der Waals surface area contributed by atoms with Crippen LogP contribution in [0.2, 0.25) is 0 Å². The van der Waals surface area contributed by atoms with Crippen LogP contribution in [-0.4, -0.2) is 10.9 Å². The summed E-state index contributed by atoms with van der Waals surface area (Å²) in [4.78, 5) is 15.8. The Morgan fingerprint density at radius 2 is 2.21 bits per heavy atom. The van der Waals surface area contributed by atoms with E-state index in [2.05, 4.69) is 10.3 Å². The first kappa shape index (κ1) is 13.3. The van der Waals surface area contributed by atoms with E-state index in [4.69, 9.17) is 4.42 Å². The second kappa shape index (κ2) is 6.18. The molecular formula is C15H18N2O2. The van der Waals surface area contributed by atoms with Crippen LogP contribution in [0.15, 0.2) is 41.1 Å². The van der Waals surface area contributed by atoms with E-state index in [0.717, 1.165) is 17.0 Å². The number of nitrogens with one attached hydrogen (secondary N) is 1. The van der Waals surface area contributed by atoms with Crippen molar-refractivity contribution in [2.45, 2.75) is 26.8 Å². The van der Waals surface area contributed by atoms with E-state index in [1.807, 2.05) is 38.1 Å². The van der Waals surface area contributed by atoms with Crippen molar-refractivity contribution >= 4 is 5.91 Å². The number of rotatable bonds is 5. The van der Waals surface area contributed by atoms with E-state index in [-0.39, 0.29) is 5.91 Å². The summed E-state index contributed by atoms with van der Waals surface area (Å²) < 4.78 is 5.27. The monoisotopic (exact) mass is 258 g/mol. The maximum Gasteiger partial charge on any atom is 0.220 e. The zero-order chi connectivity index (χ0) is 13.7. The van der Waals surface area contributed by atoms with Crippen LogP contribution in [-0.2, 0) is 11.3 Å². The summed E-state index contributed by atoms with van der Waals surface area (Å²) in [5.41, 5.74) is 1.77. The molecule has 100 valence electrons. The van der Waals surface area contributed by atoms with Crippen LogP contribution in [0.5, 0.6) is 0 Å². The van der Waals surface area contributed by atoms with Gasteiger partial charge >= 0.3 is 0 Å². The molecule has 0 atom stereocenters. The third-order valence-corrected chi connectivity index (χ3v) is 2.68. The molecule has 2 rings (SSSR count).